The molecular formula is C18H18FN7O. The smallest absolute Gasteiger partial charge is 0.263 e. The van der Waals surface area contributed by atoms with Crippen molar-refractivity contribution >= 4 is 11.7 Å². The Morgan fingerprint density at radius 1 is 1.30 bits per heavy atom. The van der Waals surface area contributed by atoms with Gasteiger partial charge in [0.15, 0.2) is 0 Å². The maximum absolute atomic E-state index is 13.4. The Morgan fingerprint density at radius 2 is 2.22 bits per heavy atom. The zero-order chi connectivity index (χ0) is 18.4. The fourth-order valence-electron chi connectivity index (χ4n) is 3.53. The van der Waals surface area contributed by atoms with Crippen LogP contribution in [0.2, 0.25) is 0 Å². The average molecular weight is 367 g/mol. The number of anilines is 1. The van der Waals surface area contributed by atoms with Crippen molar-refractivity contribution in [2.75, 3.05) is 18.0 Å². The summed E-state index contributed by atoms with van der Waals surface area (Å²) in [6.45, 7) is 1.48. The number of hydrogen-bond donors (Lipinski definition) is 2. The lowest BCUT2D eigenvalue weighted by Crippen LogP contribution is -2.39. The summed E-state index contributed by atoms with van der Waals surface area (Å²) < 4.78 is 15.0. The summed E-state index contributed by atoms with van der Waals surface area (Å²) in [7, 11) is 0. The monoisotopic (exact) mass is 367 g/mol. The van der Waals surface area contributed by atoms with E-state index < -0.39 is 6.17 Å². The summed E-state index contributed by atoms with van der Waals surface area (Å²) in [5.41, 5.74) is 7.89. The van der Waals surface area contributed by atoms with Crippen LogP contribution in [0.4, 0.5) is 10.2 Å². The molecule has 9 heteroatoms. The van der Waals surface area contributed by atoms with Crippen molar-refractivity contribution in [2.45, 2.75) is 19.1 Å². The van der Waals surface area contributed by atoms with Gasteiger partial charge in [-0.1, -0.05) is 0 Å². The standard InChI is InChI=1S/C18H18FN7O/c19-12-5-7-24(9-12)16-4-3-13(8-20-16)26-10-14-15(23-26)11-25(18(14)27)17-2-1-6-21-22-17/h1-4,6,8,10,12,21-22H,5,7,9,11H2/t12-/m0/s1. The molecule has 1 saturated heterocycles. The van der Waals surface area contributed by atoms with Crippen molar-refractivity contribution in [3.63, 3.8) is 0 Å². The van der Waals surface area contributed by atoms with E-state index in [2.05, 4.69) is 20.9 Å². The van der Waals surface area contributed by atoms with E-state index in [0.717, 1.165) is 17.2 Å². The predicted octanol–water partition coefficient (Wildman–Crippen LogP) is 1.23. The first-order chi connectivity index (χ1) is 13.2. The van der Waals surface area contributed by atoms with Crippen LogP contribution < -0.4 is 15.8 Å². The van der Waals surface area contributed by atoms with Gasteiger partial charge in [0.2, 0.25) is 0 Å². The second-order valence-corrected chi connectivity index (χ2v) is 6.71. The SMILES string of the molecule is O=C1c2cn(-c3ccc(N4CC[C@H](F)C4)nc3)nc2CN1C1=CC=CNN1. The molecule has 1 fully saturated rings. The van der Waals surface area contributed by atoms with Gasteiger partial charge in [-0.25, -0.2) is 14.1 Å². The van der Waals surface area contributed by atoms with Crippen LogP contribution in [0.3, 0.4) is 0 Å². The molecule has 138 valence electrons. The molecule has 3 aliphatic rings. The van der Waals surface area contributed by atoms with Gasteiger partial charge >= 0.3 is 0 Å². The van der Waals surface area contributed by atoms with Crippen LogP contribution in [0, 0.1) is 0 Å². The molecule has 2 aromatic heterocycles. The molecule has 0 saturated carbocycles. The number of hydrogen-bond acceptors (Lipinski definition) is 6. The van der Waals surface area contributed by atoms with Crippen LogP contribution >= 0.6 is 0 Å². The van der Waals surface area contributed by atoms with Gasteiger partial charge in [-0.3, -0.25) is 15.1 Å². The third-order valence-electron chi connectivity index (χ3n) is 4.95. The van der Waals surface area contributed by atoms with Crippen molar-refractivity contribution in [1.82, 2.24) is 30.5 Å². The number of allylic oxidation sites excluding steroid dienone is 2. The third-order valence-corrected chi connectivity index (χ3v) is 4.95. The highest BCUT2D eigenvalue weighted by Gasteiger charge is 2.33. The Balaban J connectivity index is 1.35. The summed E-state index contributed by atoms with van der Waals surface area (Å²) in [6.07, 6.45) is 8.60. The quantitative estimate of drug-likeness (QED) is 0.850. The molecule has 8 nitrogen and oxygen atoms in total. The number of nitrogens with one attached hydrogen (secondary N) is 2. The molecule has 5 heterocycles. The number of fused-ring (bicyclic) bond motifs is 1. The predicted molar refractivity (Wildman–Crippen MR) is 96.5 cm³/mol. The number of aromatic nitrogens is 3. The van der Waals surface area contributed by atoms with E-state index in [1.807, 2.05) is 29.2 Å². The molecule has 0 radical (unpaired) electrons. The summed E-state index contributed by atoms with van der Waals surface area (Å²) in [6, 6.07) is 3.75. The fourth-order valence-corrected chi connectivity index (χ4v) is 3.53. The molecule has 5 rings (SSSR count). The summed E-state index contributed by atoms with van der Waals surface area (Å²) in [4.78, 5) is 20.7. The first-order valence-corrected chi connectivity index (χ1v) is 8.83. The van der Waals surface area contributed by atoms with Gasteiger partial charge in [-0.05, 0) is 30.7 Å². The van der Waals surface area contributed by atoms with Crippen LogP contribution in [0.15, 0.2) is 48.7 Å². The number of rotatable bonds is 3. The van der Waals surface area contributed by atoms with Gasteiger partial charge in [0, 0.05) is 18.9 Å². The molecule has 3 aliphatic heterocycles. The highest BCUT2D eigenvalue weighted by Crippen LogP contribution is 2.26. The highest BCUT2D eigenvalue weighted by atomic mass is 19.1. The minimum absolute atomic E-state index is 0.0947. The Bertz CT molecular complexity index is 949. The van der Waals surface area contributed by atoms with Crippen molar-refractivity contribution in [2.24, 2.45) is 0 Å². The second kappa shape index (κ2) is 6.11. The molecule has 2 aromatic rings. The number of pyridine rings is 1. The first kappa shape index (κ1) is 15.9. The molecule has 0 spiro atoms. The molecular weight excluding hydrogens is 349 g/mol. The van der Waals surface area contributed by atoms with Gasteiger partial charge in [0.05, 0.1) is 36.2 Å². The van der Waals surface area contributed by atoms with Gasteiger partial charge in [-0.15, -0.1) is 0 Å². The average Bonchev–Trinajstić information content (AvgIpc) is 3.39. The number of nitrogens with zero attached hydrogens (tertiary/aromatic N) is 5. The summed E-state index contributed by atoms with van der Waals surface area (Å²) in [5, 5.41) is 4.54. The number of amides is 1. The van der Waals surface area contributed by atoms with E-state index >= 15 is 0 Å². The van der Waals surface area contributed by atoms with Crippen LogP contribution in [0.1, 0.15) is 22.5 Å². The van der Waals surface area contributed by atoms with Crippen molar-refractivity contribution in [1.29, 1.82) is 0 Å². The topological polar surface area (TPSA) is 78.3 Å². The van der Waals surface area contributed by atoms with E-state index in [4.69, 9.17) is 0 Å². The molecule has 0 bridgehead atoms. The second-order valence-electron chi connectivity index (χ2n) is 6.71. The Kier molecular flexibility index (Phi) is 3.59. The van der Waals surface area contributed by atoms with E-state index in [1.54, 1.807) is 28.2 Å². The van der Waals surface area contributed by atoms with Gasteiger partial charge in [0.1, 0.15) is 17.8 Å². The molecule has 0 aromatic carbocycles. The maximum Gasteiger partial charge on any atom is 0.263 e. The fraction of sp³-hybridized carbons (Fsp3) is 0.278. The molecule has 0 unspecified atom stereocenters. The summed E-state index contributed by atoms with van der Waals surface area (Å²) >= 11 is 0. The zero-order valence-electron chi connectivity index (χ0n) is 14.5. The lowest BCUT2D eigenvalue weighted by atomic mass is 10.3. The van der Waals surface area contributed by atoms with Crippen LogP contribution in [-0.4, -0.2) is 44.8 Å². The number of carbonyl (C=O) groups excluding carboxylic acids is 1. The van der Waals surface area contributed by atoms with Crippen LogP contribution in [-0.2, 0) is 6.54 Å². The minimum Gasteiger partial charge on any atom is -0.354 e. The number of carbonyl (C=O) groups is 1. The maximum atomic E-state index is 13.4. The van der Waals surface area contributed by atoms with Gasteiger partial charge in [0.25, 0.3) is 5.91 Å². The Morgan fingerprint density at radius 3 is 2.89 bits per heavy atom. The first-order valence-electron chi connectivity index (χ1n) is 8.83. The largest absolute Gasteiger partial charge is 0.354 e. The minimum atomic E-state index is -0.783. The zero-order valence-corrected chi connectivity index (χ0v) is 14.5. The lowest BCUT2D eigenvalue weighted by Gasteiger charge is -2.22. The molecule has 0 aliphatic carbocycles. The number of halogens is 1. The highest BCUT2D eigenvalue weighted by molar-refractivity contribution is 5.98. The lowest BCUT2D eigenvalue weighted by molar-refractivity contribution is 0.0812. The van der Waals surface area contributed by atoms with E-state index in [0.29, 0.717) is 37.4 Å². The molecule has 27 heavy (non-hydrogen) atoms. The number of hydrazine groups is 1. The molecule has 1 atom stereocenters. The van der Waals surface area contributed by atoms with Crippen LogP contribution in [0.5, 0.6) is 0 Å². The third kappa shape index (κ3) is 2.71. The van der Waals surface area contributed by atoms with Crippen molar-refractivity contribution in [3.8, 4) is 5.69 Å². The normalized spacial score (nSPS) is 21.1. The van der Waals surface area contributed by atoms with Crippen LogP contribution in [0.25, 0.3) is 5.69 Å². The number of alkyl halides is 1. The van der Waals surface area contributed by atoms with Gasteiger partial charge in [-0.2, -0.15) is 5.10 Å². The van der Waals surface area contributed by atoms with E-state index in [-0.39, 0.29) is 5.91 Å². The van der Waals surface area contributed by atoms with Crippen molar-refractivity contribution in [3.05, 3.63) is 60.0 Å². The van der Waals surface area contributed by atoms with Gasteiger partial charge < -0.3 is 10.3 Å². The molecule has 2 N–H and O–H groups in total. The van der Waals surface area contributed by atoms with E-state index in [1.165, 1.54) is 0 Å². The Hall–Kier alpha value is -3.36. The van der Waals surface area contributed by atoms with Crippen molar-refractivity contribution < 1.29 is 9.18 Å². The Labute approximate surface area is 154 Å². The van der Waals surface area contributed by atoms with E-state index in [9.17, 15) is 9.18 Å². The molecule has 1 amide bonds. The summed E-state index contributed by atoms with van der Waals surface area (Å²) in [5.74, 6) is 1.36.